The number of rotatable bonds is 4. The van der Waals surface area contributed by atoms with Gasteiger partial charge in [-0.1, -0.05) is 30.7 Å². The van der Waals surface area contributed by atoms with Crippen molar-refractivity contribution in [3.8, 4) is 0 Å². The van der Waals surface area contributed by atoms with Crippen LogP contribution in [0.5, 0.6) is 0 Å². The van der Waals surface area contributed by atoms with Crippen LogP contribution in [0.2, 0.25) is 5.02 Å². The number of sulfonamides is 1. The first-order valence-corrected chi connectivity index (χ1v) is 9.13. The highest BCUT2D eigenvalue weighted by molar-refractivity contribution is 7.89. The van der Waals surface area contributed by atoms with Crippen molar-refractivity contribution in [2.24, 2.45) is 5.92 Å². The molecule has 0 unspecified atom stereocenters. The predicted molar refractivity (Wildman–Crippen MR) is 82.9 cm³/mol. The summed E-state index contributed by atoms with van der Waals surface area (Å²) in [7, 11) is -3.64. The number of hydrogen-bond acceptors (Lipinski definition) is 2. The maximum Gasteiger partial charge on any atom is 0.242 e. The Labute approximate surface area is 130 Å². The lowest BCUT2D eigenvalue weighted by Gasteiger charge is -2.38. The zero-order valence-corrected chi connectivity index (χ0v) is 13.7. The van der Waals surface area contributed by atoms with Gasteiger partial charge in [0, 0.05) is 11.4 Å². The normalized spacial score (nSPS) is 27.4. The highest BCUT2D eigenvalue weighted by Crippen LogP contribution is 2.34. The van der Waals surface area contributed by atoms with E-state index in [1.807, 2.05) is 0 Å². The molecule has 1 fully saturated rings. The lowest BCUT2D eigenvalue weighted by molar-refractivity contribution is 0.247. The van der Waals surface area contributed by atoms with Gasteiger partial charge in [0.25, 0.3) is 0 Å². The van der Waals surface area contributed by atoms with Crippen molar-refractivity contribution in [1.82, 2.24) is 4.72 Å². The van der Waals surface area contributed by atoms with E-state index in [4.69, 9.17) is 23.2 Å². The molecule has 0 aliphatic heterocycles. The molecule has 1 aliphatic rings. The number of halogens is 2. The first-order chi connectivity index (χ1) is 9.38. The molecule has 1 saturated carbocycles. The van der Waals surface area contributed by atoms with Gasteiger partial charge in [0.2, 0.25) is 10.0 Å². The topological polar surface area (TPSA) is 46.2 Å². The molecular formula is C14H19Cl2NO2S. The molecule has 0 bridgehead atoms. The third-order valence-corrected chi connectivity index (χ3v) is 6.55. The van der Waals surface area contributed by atoms with Crippen molar-refractivity contribution in [3.05, 3.63) is 29.3 Å². The van der Waals surface area contributed by atoms with E-state index in [0.717, 1.165) is 25.7 Å². The molecule has 20 heavy (non-hydrogen) atoms. The SMILES string of the molecule is CC1CCC(CCl)(NS(=O)(=O)c2ccccc2Cl)CC1. The molecular weight excluding hydrogens is 317 g/mol. The molecule has 0 saturated heterocycles. The van der Waals surface area contributed by atoms with Crippen LogP contribution < -0.4 is 4.72 Å². The van der Waals surface area contributed by atoms with Crippen LogP contribution in [0.4, 0.5) is 0 Å². The van der Waals surface area contributed by atoms with Crippen LogP contribution in [0.1, 0.15) is 32.6 Å². The fourth-order valence-corrected chi connectivity index (χ4v) is 4.97. The van der Waals surface area contributed by atoms with Gasteiger partial charge < -0.3 is 0 Å². The second-order valence-electron chi connectivity index (χ2n) is 5.63. The second-order valence-corrected chi connectivity index (χ2v) is 7.96. The van der Waals surface area contributed by atoms with E-state index in [2.05, 4.69) is 11.6 Å². The van der Waals surface area contributed by atoms with Gasteiger partial charge in [-0.3, -0.25) is 0 Å². The number of alkyl halides is 1. The Kier molecular flexibility index (Phi) is 5.00. The molecule has 6 heteroatoms. The van der Waals surface area contributed by atoms with Gasteiger partial charge in [0.05, 0.1) is 5.02 Å². The average molecular weight is 336 g/mol. The monoisotopic (exact) mass is 335 g/mol. The molecule has 0 aromatic heterocycles. The summed E-state index contributed by atoms with van der Waals surface area (Å²) in [5.74, 6) is 0.903. The number of benzene rings is 1. The van der Waals surface area contributed by atoms with E-state index in [0.29, 0.717) is 5.92 Å². The van der Waals surface area contributed by atoms with E-state index in [1.165, 1.54) is 6.07 Å². The summed E-state index contributed by atoms with van der Waals surface area (Å²) in [6.45, 7) is 2.18. The molecule has 112 valence electrons. The third-order valence-electron chi connectivity index (χ3n) is 3.96. The standard InChI is InChI=1S/C14H19Cl2NO2S/c1-11-6-8-14(10-15,9-7-11)17-20(18,19)13-5-3-2-4-12(13)16/h2-5,11,17H,6-10H2,1H3. The summed E-state index contributed by atoms with van der Waals surface area (Å²) in [4.78, 5) is 0.116. The molecule has 0 radical (unpaired) electrons. The summed E-state index contributed by atoms with van der Waals surface area (Å²) in [5.41, 5.74) is -0.550. The Morgan fingerprint density at radius 3 is 2.45 bits per heavy atom. The minimum Gasteiger partial charge on any atom is -0.207 e. The van der Waals surface area contributed by atoms with Crippen LogP contribution in [0.25, 0.3) is 0 Å². The Morgan fingerprint density at radius 2 is 1.90 bits per heavy atom. The zero-order valence-electron chi connectivity index (χ0n) is 11.4. The molecule has 0 amide bonds. The minimum atomic E-state index is -3.64. The van der Waals surface area contributed by atoms with Gasteiger partial charge in [-0.05, 0) is 43.7 Å². The first-order valence-electron chi connectivity index (χ1n) is 6.73. The van der Waals surface area contributed by atoms with Crippen LogP contribution in [-0.2, 0) is 10.0 Å². The Morgan fingerprint density at radius 1 is 1.30 bits per heavy atom. The van der Waals surface area contributed by atoms with E-state index < -0.39 is 15.6 Å². The van der Waals surface area contributed by atoms with Crippen LogP contribution in [0.3, 0.4) is 0 Å². The lowest BCUT2D eigenvalue weighted by Crippen LogP contribution is -2.52. The van der Waals surface area contributed by atoms with Crippen LogP contribution in [0.15, 0.2) is 29.2 Å². The largest absolute Gasteiger partial charge is 0.242 e. The van der Waals surface area contributed by atoms with Gasteiger partial charge in [0.1, 0.15) is 4.90 Å². The van der Waals surface area contributed by atoms with Crippen molar-refractivity contribution in [2.45, 2.75) is 43.0 Å². The number of nitrogens with one attached hydrogen (secondary N) is 1. The predicted octanol–water partition coefficient (Wildman–Crippen LogP) is 3.81. The molecule has 1 N–H and O–H groups in total. The summed E-state index contributed by atoms with van der Waals surface area (Å²) in [6, 6.07) is 6.46. The van der Waals surface area contributed by atoms with E-state index in [-0.39, 0.29) is 15.8 Å². The van der Waals surface area contributed by atoms with Crippen molar-refractivity contribution >= 4 is 33.2 Å². The molecule has 0 heterocycles. The minimum absolute atomic E-state index is 0.116. The van der Waals surface area contributed by atoms with Gasteiger partial charge in [-0.2, -0.15) is 0 Å². The fourth-order valence-electron chi connectivity index (χ4n) is 2.58. The Hall–Kier alpha value is -0.290. The van der Waals surface area contributed by atoms with Crippen molar-refractivity contribution in [1.29, 1.82) is 0 Å². The van der Waals surface area contributed by atoms with Gasteiger partial charge in [-0.15, -0.1) is 11.6 Å². The Bertz CT molecular complexity index is 566. The highest BCUT2D eigenvalue weighted by Gasteiger charge is 2.37. The third kappa shape index (κ3) is 3.48. The number of hydrogen-bond donors (Lipinski definition) is 1. The second kappa shape index (κ2) is 6.22. The van der Waals surface area contributed by atoms with Crippen molar-refractivity contribution in [3.63, 3.8) is 0 Å². The average Bonchev–Trinajstić information content (AvgIpc) is 2.42. The molecule has 0 atom stereocenters. The summed E-state index contributed by atoms with van der Waals surface area (Å²) < 4.78 is 27.8. The molecule has 1 aromatic carbocycles. The highest BCUT2D eigenvalue weighted by atomic mass is 35.5. The van der Waals surface area contributed by atoms with Crippen LogP contribution in [-0.4, -0.2) is 19.8 Å². The van der Waals surface area contributed by atoms with Crippen LogP contribution in [0, 0.1) is 5.92 Å². The van der Waals surface area contributed by atoms with E-state index >= 15 is 0 Å². The summed E-state index contributed by atoms with van der Waals surface area (Å²) in [5, 5.41) is 0.230. The lowest BCUT2D eigenvalue weighted by atomic mass is 9.79. The molecule has 1 aliphatic carbocycles. The molecule has 1 aromatic rings. The van der Waals surface area contributed by atoms with E-state index in [1.54, 1.807) is 18.2 Å². The Balaban J connectivity index is 2.25. The van der Waals surface area contributed by atoms with Crippen molar-refractivity contribution in [2.75, 3.05) is 5.88 Å². The van der Waals surface area contributed by atoms with Gasteiger partial charge in [0.15, 0.2) is 0 Å². The maximum absolute atomic E-state index is 12.5. The quantitative estimate of drug-likeness (QED) is 0.850. The first kappa shape index (κ1) is 16.1. The van der Waals surface area contributed by atoms with Gasteiger partial charge >= 0.3 is 0 Å². The molecule has 3 nitrogen and oxygen atoms in total. The maximum atomic E-state index is 12.5. The molecule has 0 spiro atoms. The zero-order chi connectivity index (χ0) is 14.8. The van der Waals surface area contributed by atoms with Crippen molar-refractivity contribution < 1.29 is 8.42 Å². The summed E-state index contributed by atoms with van der Waals surface area (Å²) in [6.07, 6.45) is 3.50. The van der Waals surface area contributed by atoms with E-state index in [9.17, 15) is 8.42 Å². The summed E-state index contributed by atoms with van der Waals surface area (Å²) >= 11 is 12.0. The smallest absolute Gasteiger partial charge is 0.207 e. The van der Waals surface area contributed by atoms with Crippen LogP contribution >= 0.6 is 23.2 Å². The van der Waals surface area contributed by atoms with Gasteiger partial charge in [-0.25, -0.2) is 13.1 Å². The fraction of sp³-hybridized carbons (Fsp3) is 0.571. The molecule has 2 rings (SSSR count).